The molecule has 1 aliphatic heterocycles. The van der Waals surface area contributed by atoms with E-state index in [4.69, 9.17) is 15.2 Å². The molecule has 0 bridgehead atoms. The average Bonchev–Trinajstić information content (AvgIpc) is 3.27. The Morgan fingerprint density at radius 1 is 1.26 bits per heavy atom. The lowest BCUT2D eigenvalue weighted by molar-refractivity contribution is -0.0135. The molecule has 2 amide bonds. The molecule has 1 aliphatic carbocycles. The van der Waals surface area contributed by atoms with Crippen LogP contribution in [0.2, 0.25) is 0 Å². The summed E-state index contributed by atoms with van der Waals surface area (Å²) in [7, 11) is 0. The number of benzene rings is 1. The number of nitrogens with one attached hydrogen (secondary N) is 2. The maximum absolute atomic E-state index is 12.7. The van der Waals surface area contributed by atoms with Crippen LogP contribution in [0.25, 0.3) is 0 Å². The second-order valence-electron chi connectivity index (χ2n) is 6.87. The van der Waals surface area contributed by atoms with Gasteiger partial charge in [-0.25, -0.2) is 0 Å². The van der Waals surface area contributed by atoms with Crippen LogP contribution < -0.4 is 15.8 Å². The molecule has 2 unspecified atom stereocenters. The lowest BCUT2D eigenvalue weighted by Gasteiger charge is -2.32. The summed E-state index contributed by atoms with van der Waals surface area (Å²) in [5, 5.41) is 10.2. The molecule has 27 heavy (non-hydrogen) atoms. The summed E-state index contributed by atoms with van der Waals surface area (Å²) < 4.78 is 11.5. The minimum absolute atomic E-state index is 0.182. The Morgan fingerprint density at radius 2 is 2.07 bits per heavy atom. The van der Waals surface area contributed by atoms with Crippen molar-refractivity contribution in [3.05, 3.63) is 46.8 Å². The number of aryl methyl sites for hydroxylation is 1. The van der Waals surface area contributed by atoms with E-state index in [0.717, 1.165) is 30.5 Å². The van der Waals surface area contributed by atoms with Gasteiger partial charge in [0.25, 0.3) is 5.91 Å². The third-order valence-corrected chi connectivity index (χ3v) is 5.07. The van der Waals surface area contributed by atoms with Crippen molar-refractivity contribution in [2.75, 3.05) is 13.2 Å². The zero-order chi connectivity index (χ0) is 18.8. The van der Waals surface area contributed by atoms with Gasteiger partial charge in [-0.3, -0.25) is 14.7 Å². The van der Waals surface area contributed by atoms with Crippen LogP contribution in [0.15, 0.2) is 24.3 Å². The molecule has 1 fully saturated rings. The van der Waals surface area contributed by atoms with Crippen molar-refractivity contribution in [1.29, 1.82) is 0 Å². The van der Waals surface area contributed by atoms with Crippen LogP contribution in [-0.2, 0) is 17.6 Å². The maximum Gasteiger partial charge on any atom is 0.272 e. The van der Waals surface area contributed by atoms with E-state index in [1.54, 1.807) is 24.3 Å². The number of primary amides is 1. The predicted molar refractivity (Wildman–Crippen MR) is 96.7 cm³/mol. The van der Waals surface area contributed by atoms with Crippen LogP contribution in [0, 0.1) is 0 Å². The van der Waals surface area contributed by atoms with Gasteiger partial charge >= 0.3 is 0 Å². The number of aromatic nitrogens is 2. The highest BCUT2D eigenvalue weighted by molar-refractivity contribution is 5.94. The highest BCUT2D eigenvalue weighted by atomic mass is 16.5. The summed E-state index contributed by atoms with van der Waals surface area (Å²) in [6, 6.07) is 6.42. The van der Waals surface area contributed by atoms with Crippen LogP contribution >= 0.6 is 0 Å². The summed E-state index contributed by atoms with van der Waals surface area (Å²) >= 11 is 0. The number of hydrogen-bond acceptors (Lipinski definition) is 5. The molecule has 1 aromatic carbocycles. The second kappa shape index (κ2) is 7.40. The van der Waals surface area contributed by atoms with Gasteiger partial charge in [-0.1, -0.05) is 0 Å². The lowest BCUT2D eigenvalue weighted by atomic mass is 10.0. The first-order valence-electron chi connectivity index (χ1n) is 9.13. The van der Waals surface area contributed by atoms with Gasteiger partial charge in [0.2, 0.25) is 5.91 Å². The number of nitrogens with zero attached hydrogens (tertiary/aromatic N) is 1. The van der Waals surface area contributed by atoms with Crippen molar-refractivity contribution < 1.29 is 19.1 Å². The fraction of sp³-hybridized carbons (Fsp3) is 0.421. The van der Waals surface area contributed by atoms with Crippen molar-refractivity contribution in [2.24, 2.45) is 5.73 Å². The van der Waals surface area contributed by atoms with Gasteiger partial charge in [0.15, 0.2) is 5.69 Å². The number of amides is 2. The van der Waals surface area contributed by atoms with E-state index in [9.17, 15) is 9.59 Å². The highest BCUT2D eigenvalue weighted by Crippen LogP contribution is 2.23. The van der Waals surface area contributed by atoms with E-state index in [2.05, 4.69) is 15.5 Å². The van der Waals surface area contributed by atoms with E-state index in [1.807, 2.05) is 0 Å². The van der Waals surface area contributed by atoms with E-state index in [1.165, 1.54) is 0 Å². The molecule has 2 aliphatic rings. The van der Waals surface area contributed by atoms with E-state index in [0.29, 0.717) is 36.6 Å². The molecule has 8 heteroatoms. The van der Waals surface area contributed by atoms with Crippen molar-refractivity contribution >= 4 is 11.8 Å². The molecule has 1 aromatic heterocycles. The third-order valence-electron chi connectivity index (χ3n) is 5.07. The topological polar surface area (TPSA) is 119 Å². The van der Waals surface area contributed by atoms with Gasteiger partial charge in [0.1, 0.15) is 11.9 Å². The monoisotopic (exact) mass is 370 g/mol. The smallest absolute Gasteiger partial charge is 0.272 e. The summed E-state index contributed by atoms with van der Waals surface area (Å²) in [5.41, 5.74) is 8.25. The second-order valence-corrected chi connectivity index (χ2v) is 6.87. The van der Waals surface area contributed by atoms with Gasteiger partial charge < -0.3 is 20.5 Å². The molecular weight excluding hydrogens is 348 g/mol. The zero-order valence-corrected chi connectivity index (χ0v) is 14.9. The van der Waals surface area contributed by atoms with E-state index < -0.39 is 5.91 Å². The Bertz CT molecular complexity index is 846. The number of hydrogen-bond donors (Lipinski definition) is 3. The first kappa shape index (κ1) is 17.5. The van der Waals surface area contributed by atoms with E-state index in [-0.39, 0.29) is 18.1 Å². The molecule has 4 rings (SSSR count). The molecule has 2 heterocycles. The molecule has 0 saturated carbocycles. The fourth-order valence-corrected chi connectivity index (χ4v) is 3.61. The summed E-state index contributed by atoms with van der Waals surface area (Å²) in [5.74, 6) is -0.0754. The Kier molecular flexibility index (Phi) is 4.81. The Balaban J connectivity index is 1.44. The van der Waals surface area contributed by atoms with Crippen molar-refractivity contribution in [3.8, 4) is 5.75 Å². The summed E-state index contributed by atoms with van der Waals surface area (Å²) in [6.07, 6.45) is 3.21. The zero-order valence-electron chi connectivity index (χ0n) is 14.9. The molecule has 1 saturated heterocycles. The van der Waals surface area contributed by atoms with Crippen LogP contribution in [-0.4, -0.2) is 47.4 Å². The standard InChI is InChI=1S/C19H22N4O4/c20-18(24)11-4-6-12(7-5-11)27-16-10-26-9-8-15(16)21-19(25)17-13-2-1-3-14(13)22-23-17/h4-7,15-16H,1-3,8-10H2,(H2,20,24)(H,21,25)(H,22,23). The number of ether oxygens (including phenoxy) is 2. The third kappa shape index (κ3) is 3.66. The normalized spacial score (nSPS) is 21.5. The van der Waals surface area contributed by atoms with Gasteiger partial charge in [0, 0.05) is 23.4 Å². The minimum atomic E-state index is -0.487. The molecule has 8 nitrogen and oxygen atoms in total. The quantitative estimate of drug-likeness (QED) is 0.724. The first-order chi connectivity index (χ1) is 13.1. The molecule has 2 atom stereocenters. The number of nitrogens with two attached hydrogens (primary N) is 1. The van der Waals surface area contributed by atoms with E-state index >= 15 is 0 Å². The molecule has 4 N–H and O–H groups in total. The number of carbonyl (C=O) groups excluding carboxylic acids is 2. The summed E-state index contributed by atoms with van der Waals surface area (Å²) in [4.78, 5) is 23.9. The van der Waals surface area contributed by atoms with Gasteiger partial charge in [-0.05, 0) is 49.9 Å². The fourth-order valence-electron chi connectivity index (χ4n) is 3.61. The molecule has 0 radical (unpaired) electrons. The Morgan fingerprint density at radius 3 is 2.85 bits per heavy atom. The van der Waals surface area contributed by atoms with Crippen molar-refractivity contribution in [2.45, 2.75) is 37.8 Å². The van der Waals surface area contributed by atoms with Crippen LogP contribution in [0.3, 0.4) is 0 Å². The molecule has 2 aromatic rings. The number of carbonyl (C=O) groups is 2. The van der Waals surface area contributed by atoms with Crippen LogP contribution in [0.4, 0.5) is 0 Å². The number of rotatable bonds is 5. The molecular formula is C19H22N4O4. The van der Waals surface area contributed by atoms with Crippen LogP contribution in [0.1, 0.15) is 44.9 Å². The minimum Gasteiger partial charge on any atom is -0.486 e. The SMILES string of the molecule is NC(=O)c1ccc(OC2COCCC2NC(=O)c2n[nH]c3c2CCC3)cc1. The van der Waals surface area contributed by atoms with Crippen molar-refractivity contribution in [3.63, 3.8) is 0 Å². The Hall–Kier alpha value is -2.87. The number of fused-ring (bicyclic) bond motifs is 1. The van der Waals surface area contributed by atoms with Gasteiger partial charge in [-0.2, -0.15) is 5.10 Å². The predicted octanol–water partition coefficient (Wildman–Crippen LogP) is 0.964. The number of H-pyrrole nitrogens is 1. The average molecular weight is 370 g/mol. The largest absolute Gasteiger partial charge is 0.486 e. The molecule has 142 valence electrons. The summed E-state index contributed by atoms with van der Waals surface area (Å²) in [6.45, 7) is 0.936. The Labute approximate surface area is 156 Å². The number of aromatic amines is 1. The first-order valence-corrected chi connectivity index (χ1v) is 9.13. The maximum atomic E-state index is 12.7. The lowest BCUT2D eigenvalue weighted by Crippen LogP contribution is -2.51. The van der Waals surface area contributed by atoms with Crippen LogP contribution in [0.5, 0.6) is 5.75 Å². The highest BCUT2D eigenvalue weighted by Gasteiger charge is 2.31. The van der Waals surface area contributed by atoms with Crippen molar-refractivity contribution in [1.82, 2.24) is 15.5 Å². The van der Waals surface area contributed by atoms with Gasteiger partial charge in [-0.15, -0.1) is 0 Å². The molecule has 0 spiro atoms. The van der Waals surface area contributed by atoms with Gasteiger partial charge in [0.05, 0.1) is 12.6 Å².